The fraction of sp³-hybridized carbons (Fsp3) is 0.643. The van der Waals surface area contributed by atoms with Crippen LogP contribution >= 0.6 is 15.9 Å². The van der Waals surface area contributed by atoms with Gasteiger partial charge in [0.1, 0.15) is 0 Å². The van der Waals surface area contributed by atoms with E-state index in [0.29, 0.717) is 24.4 Å². The minimum absolute atomic E-state index is 0.0390. The first-order chi connectivity index (χ1) is 9.12. The van der Waals surface area contributed by atoms with Crippen molar-refractivity contribution in [3.63, 3.8) is 0 Å². The lowest BCUT2D eigenvalue weighted by atomic mass is 10.0. The molecule has 19 heavy (non-hydrogen) atoms. The molecule has 0 saturated carbocycles. The van der Waals surface area contributed by atoms with E-state index in [9.17, 15) is 4.79 Å². The molecule has 1 rings (SSSR count). The highest BCUT2D eigenvalue weighted by molar-refractivity contribution is 9.09. The van der Waals surface area contributed by atoms with E-state index in [-0.39, 0.29) is 5.91 Å². The highest BCUT2D eigenvalue weighted by atomic mass is 79.9. The Bertz CT molecular complexity index is 423. The fourth-order valence-electron chi connectivity index (χ4n) is 1.91. The summed E-state index contributed by atoms with van der Waals surface area (Å²) in [6.45, 7) is 6.69. The van der Waals surface area contributed by atoms with Crippen molar-refractivity contribution in [3.8, 4) is 0 Å². The Morgan fingerprint density at radius 1 is 1.42 bits per heavy atom. The molecule has 0 fully saturated rings. The zero-order valence-corrected chi connectivity index (χ0v) is 13.5. The molecular formula is C14H22BrN3O. The van der Waals surface area contributed by atoms with E-state index >= 15 is 0 Å². The highest BCUT2D eigenvalue weighted by Crippen LogP contribution is 2.11. The van der Waals surface area contributed by atoms with Crippen LogP contribution in [0.3, 0.4) is 0 Å². The van der Waals surface area contributed by atoms with Crippen molar-refractivity contribution in [1.29, 1.82) is 0 Å². The molecule has 0 spiro atoms. The number of carbonyl (C=O) groups excluding carboxylic acids is 1. The van der Waals surface area contributed by atoms with Gasteiger partial charge in [-0.25, -0.2) is 0 Å². The summed E-state index contributed by atoms with van der Waals surface area (Å²) in [5.41, 5.74) is 2.19. The molecule has 1 aromatic rings. The van der Waals surface area contributed by atoms with Crippen molar-refractivity contribution in [2.75, 3.05) is 11.9 Å². The maximum absolute atomic E-state index is 12.2. The third kappa shape index (κ3) is 4.90. The normalized spacial score (nSPS) is 12.2. The van der Waals surface area contributed by atoms with E-state index < -0.39 is 0 Å². The van der Waals surface area contributed by atoms with Crippen LogP contribution in [0.2, 0.25) is 0 Å². The Labute approximate surface area is 123 Å². The zero-order chi connectivity index (χ0) is 14.3. The molecule has 106 valence electrons. The van der Waals surface area contributed by atoms with E-state index in [4.69, 9.17) is 0 Å². The summed E-state index contributed by atoms with van der Waals surface area (Å²) >= 11 is 3.44. The van der Waals surface area contributed by atoms with Crippen LogP contribution in [0, 0.1) is 12.8 Å². The van der Waals surface area contributed by atoms with Gasteiger partial charge in [0.2, 0.25) is 0 Å². The standard InChI is InChI=1S/C14H22BrN3O/c1-4-11(6-7-15)9-16-14(19)12-8-10(3)17-18-13(12)5-2/h8,11H,4-7,9H2,1-3H3,(H,16,19). The second-order valence-electron chi connectivity index (χ2n) is 4.66. The van der Waals surface area contributed by atoms with Gasteiger partial charge < -0.3 is 5.32 Å². The van der Waals surface area contributed by atoms with Crippen LogP contribution < -0.4 is 5.32 Å². The van der Waals surface area contributed by atoms with E-state index in [0.717, 1.165) is 29.6 Å². The molecule has 0 aromatic carbocycles. The molecule has 1 atom stereocenters. The van der Waals surface area contributed by atoms with Gasteiger partial charge in [-0.2, -0.15) is 10.2 Å². The minimum atomic E-state index is -0.0390. The molecular weight excluding hydrogens is 306 g/mol. The van der Waals surface area contributed by atoms with E-state index in [2.05, 4.69) is 38.4 Å². The van der Waals surface area contributed by atoms with Gasteiger partial charge in [-0.15, -0.1) is 0 Å². The number of rotatable bonds is 7. The Balaban J connectivity index is 2.69. The van der Waals surface area contributed by atoms with E-state index in [1.807, 2.05) is 19.9 Å². The van der Waals surface area contributed by atoms with Crippen molar-refractivity contribution >= 4 is 21.8 Å². The highest BCUT2D eigenvalue weighted by Gasteiger charge is 2.14. The van der Waals surface area contributed by atoms with Crippen molar-refractivity contribution in [2.45, 2.75) is 40.0 Å². The maximum atomic E-state index is 12.2. The Morgan fingerprint density at radius 2 is 2.16 bits per heavy atom. The van der Waals surface area contributed by atoms with Gasteiger partial charge in [0.25, 0.3) is 5.91 Å². The van der Waals surface area contributed by atoms with Gasteiger partial charge >= 0.3 is 0 Å². The minimum Gasteiger partial charge on any atom is -0.352 e. The Morgan fingerprint density at radius 3 is 2.74 bits per heavy atom. The molecule has 0 bridgehead atoms. The number of nitrogens with zero attached hydrogens (tertiary/aromatic N) is 2. The molecule has 0 aliphatic heterocycles. The molecule has 5 heteroatoms. The lowest BCUT2D eigenvalue weighted by Gasteiger charge is -2.15. The molecule has 1 unspecified atom stereocenters. The van der Waals surface area contributed by atoms with Gasteiger partial charge in [0, 0.05) is 11.9 Å². The average Bonchev–Trinajstić information content (AvgIpc) is 2.43. The third-order valence-corrected chi connectivity index (χ3v) is 3.68. The molecule has 1 heterocycles. The van der Waals surface area contributed by atoms with Crippen LogP contribution in [-0.4, -0.2) is 28.0 Å². The molecule has 0 aliphatic carbocycles. The number of alkyl halides is 1. The van der Waals surface area contributed by atoms with Crippen molar-refractivity contribution in [2.24, 2.45) is 5.92 Å². The van der Waals surface area contributed by atoms with Gasteiger partial charge in [-0.1, -0.05) is 36.2 Å². The number of carbonyl (C=O) groups is 1. The number of halogens is 1. The summed E-state index contributed by atoms with van der Waals surface area (Å²) in [5, 5.41) is 12.1. The van der Waals surface area contributed by atoms with Crippen LogP contribution in [0.1, 0.15) is 48.4 Å². The van der Waals surface area contributed by atoms with Gasteiger partial charge in [0.15, 0.2) is 0 Å². The third-order valence-electron chi connectivity index (χ3n) is 3.22. The summed E-state index contributed by atoms with van der Waals surface area (Å²) < 4.78 is 0. The number of nitrogens with one attached hydrogen (secondary N) is 1. The summed E-state index contributed by atoms with van der Waals surface area (Å²) in [4.78, 5) is 12.2. The first-order valence-corrected chi connectivity index (χ1v) is 7.91. The largest absolute Gasteiger partial charge is 0.352 e. The number of aromatic nitrogens is 2. The topological polar surface area (TPSA) is 54.9 Å². The Hall–Kier alpha value is -0.970. The van der Waals surface area contributed by atoms with Gasteiger partial charge in [0.05, 0.1) is 17.0 Å². The molecule has 0 aliphatic rings. The Kier molecular flexibility index (Phi) is 6.99. The van der Waals surface area contributed by atoms with E-state index in [1.54, 1.807) is 0 Å². The predicted molar refractivity (Wildman–Crippen MR) is 80.7 cm³/mol. The number of hydrogen-bond donors (Lipinski definition) is 1. The zero-order valence-electron chi connectivity index (χ0n) is 11.9. The lowest BCUT2D eigenvalue weighted by molar-refractivity contribution is 0.0944. The summed E-state index contributed by atoms with van der Waals surface area (Å²) in [6, 6.07) is 1.81. The molecule has 0 radical (unpaired) electrons. The molecule has 0 saturated heterocycles. The molecule has 1 amide bonds. The fourth-order valence-corrected chi connectivity index (χ4v) is 2.56. The second-order valence-corrected chi connectivity index (χ2v) is 5.45. The monoisotopic (exact) mass is 327 g/mol. The van der Waals surface area contributed by atoms with Gasteiger partial charge in [-0.3, -0.25) is 4.79 Å². The van der Waals surface area contributed by atoms with E-state index in [1.165, 1.54) is 0 Å². The number of hydrogen-bond acceptors (Lipinski definition) is 3. The molecule has 4 nitrogen and oxygen atoms in total. The van der Waals surface area contributed by atoms with Crippen molar-refractivity contribution in [1.82, 2.24) is 15.5 Å². The quantitative estimate of drug-likeness (QED) is 0.783. The summed E-state index contributed by atoms with van der Waals surface area (Å²) in [7, 11) is 0. The maximum Gasteiger partial charge on any atom is 0.253 e. The van der Waals surface area contributed by atoms with Gasteiger partial charge in [-0.05, 0) is 31.7 Å². The SMILES string of the molecule is CCc1nnc(C)cc1C(=O)NCC(CC)CCBr. The number of amides is 1. The predicted octanol–water partition coefficient (Wildman–Crippen LogP) is 2.89. The van der Waals surface area contributed by atoms with Crippen LogP contribution in [0.25, 0.3) is 0 Å². The smallest absolute Gasteiger partial charge is 0.253 e. The van der Waals surface area contributed by atoms with Crippen molar-refractivity contribution in [3.05, 3.63) is 23.0 Å². The summed E-state index contributed by atoms with van der Waals surface area (Å²) in [5.74, 6) is 0.479. The summed E-state index contributed by atoms with van der Waals surface area (Å²) in [6.07, 6.45) is 2.86. The van der Waals surface area contributed by atoms with Crippen LogP contribution in [0.4, 0.5) is 0 Å². The van der Waals surface area contributed by atoms with Crippen LogP contribution in [-0.2, 0) is 6.42 Å². The van der Waals surface area contributed by atoms with Crippen molar-refractivity contribution < 1.29 is 4.79 Å². The van der Waals surface area contributed by atoms with Crippen LogP contribution in [0.15, 0.2) is 6.07 Å². The molecule has 1 aromatic heterocycles. The first kappa shape index (κ1) is 16.1. The number of aryl methyl sites for hydroxylation is 2. The lowest BCUT2D eigenvalue weighted by Crippen LogP contribution is -2.30. The second kappa shape index (κ2) is 8.25. The molecule has 1 N–H and O–H groups in total. The first-order valence-electron chi connectivity index (χ1n) is 6.79. The van der Waals surface area contributed by atoms with Crippen LogP contribution in [0.5, 0.6) is 0 Å². The average molecular weight is 328 g/mol.